The number of hydrogen-bond donors (Lipinski definition) is 2. The predicted molar refractivity (Wildman–Crippen MR) is 72.2 cm³/mol. The molecular weight excluding hydrogens is 242 g/mol. The summed E-state index contributed by atoms with van der Waals surface area (Å²) in [6, 6.07) is 7.23. The van der Waals surface area contributed by atoms with Crippen LogP contribution in [0.5, 0.6) is 5.75 Å². The van der Waals surface area contributed by atoms with Crippen molar-refractivity contribution < 1.29 is 9.53 Å². The van der Waals surface area contributed by atoms with Gasteiger partial charge in [0.05, 0.1) is 12.2 Å². The maximum Gasteiger partial charge on any atom is 0.255 e. The predicted octanol–water partition coefficient (Wildman–Crippen LogP) is 1.78. The van der Waals surface area contributed by atoms with Crippen LogP contribution in [0.1, 0.15) is 23.1 Å². The fourth-order valence-electron chi connectivity index (χ4n) is 1.76. The van der Waals surface area contributed by atoms with Gasteiger partial charge < -0.3 is 15.0 Å². The number of imidazole rings is 1. The van der Waals surface area contributed by atoms with E-state index < -0.39 is 0 Å². The van der Waals surface area contributed by atoms with E-state index in [9.17, 15) is 4.79 Å². The molecule has 1 aromatic heterocycles. The highest BCUT2D eigenvalue weighted by molar-refractivity contribution is 5.96. The minimum absolute atomic E-state index is 0.129. The van der Waals surface area contributed by atoms with Gasteiger partial charge in [-0.15, -0.1) is 0 Å². The lowest BCUT2D eigenvalue weighted by Gasteiger charge is -2.09. The van der Waals surface area contributed by atoms with E-state index in [1.54, 1.807) is 24.5 Å². The first-order chi connectivity index (χ1) is 9.31. The number of ether oxygens (including phenoxy) is 1. The van der Waals surface area contributed by atoms with E-state index in [1.807, 2.05) is 19.1 Å². The average Bonchev–Trinajstić information content (AvgIpc) is 2.93. The molecule has 2 rings (SSSR count). The van der Waals surface area contributed by atoms with E-state index in [1.165, 1.54) is 0 Å². The van der Waals surface area contributed by atoms with Gasteiger partial charge >= 0.3 is 0 Å². The van der Waals surface area contributed by atoms with Gasteiger partial charge in [0.1, 0.15) is 11.6 Å². The second kappa shape index (κ2) is 6.58. The molecule has 0 saturated carbocycles. The molecule has 0 spiro atoms. The molecule has 100 valence electrons. The topological polar surface area (TPSA) is 67.0 Å². The van der Waals surface area contributed by atoms with Crippen molar-refractivity contribution in [1.82, 2.24) is 15.3 Å². The summed E-state index contributed by atoms with van der Waals surface area (Å²) < 4.78 is 5.43. The van der Waals surface area contributed by atoms with Crippen molar-refractivity contribution in [3.63, 3.8) is 0 Å². The van der Waals surface area contributed by atoms with Crippen molar-refractivity contribution in [2.75, 3.05) is 13.2 Å². The highest BCUT2D eigenvalue weighted by Gasteiger charge is 2.11. The Bertz CT molecular complexity index is 523. The smallest absolute Gasteiger partial charge is 0.255 e. The molecular formula is C14H17N3O2. The lowest BCUT2D eigenvalue weighted by molar-refractivity contribution is 0.0950. The van der Waals surface area contributed by atoms with Crippen LogP contribution in [0.4, 0.5) is 0 Å². The van der Waals surface area contributed by atoms with Gasteiger partial charge in [0, 0.05) is 25.4 Å². The number of rotatable bonds is 6. The summed E-state index contributed by atoms with van der Waals surface area (Å²) in [5, 5.41) is 2.86. The molecule has 0 aliphatic rings. The Morgan fingerprint density at radius 1 is 1.42 bits per heavy atom. The Hall–Kier alpha value is -2.30. The molecule has 0 aliphatic heterocycles. The average molecular weight is 259 g/mol. The number of H-pyrrole nitrogens is 1. The second-order valence-electron chi connectivity index (χ2n) is 3.97. The standard InChI is InChI=1S/C14H17N3O2/c1-2-19-12-6-4-3-5-11(12)14(18)17-8-7-13-15-9-10-16-13/h3-6,9-10H,2,7-8H2,1H3,(H,15,16)(H,17,18). The molecule has 5 nitrogen and oxygen atoms in total. The fraction of sp³-hybridized carbons (Fsp3) is 0.286. The molecule has 19 heavy (non-hydrogen) atoms. The van der Waals surface area contributed by atoms with E-state index in [0.717, 1.165) is 5.82 Å². The molecule has 1 aromatic carbocycles. The highest BCUT2D eigenvalue weighted by atomic mass is 16.5. The van der Waals surface area contributed by atoms with Crippen LogP contribution in [0.3, 0.4) is 0 Å². The zero-order chi connectivity index (χ0) is 13.5. The van der Waals surface area contributed by atoms with Gasteiger partial charge in [-0.05, 0) is 19.1 Å². The number of aromatic amines is 1. The van der Waals surface area contributed by atoms with E-state index in [0.29, 0.717) is 30.9 Å². The first-order valence-corrected chi connectivity index (χ1v) is 6.29. The maximum atomic E-state index is 12.0. The summed E-state index contributed by atoms with van der Waals surface area (Å²) in [4.78, 5) is 19.1. The molecule has 0 fully saturated rings. The minimum atomic E-state index is -0.129. The fourth-order valence-corrected chi connectivity index (χ4v) is 1.76. The van der Waals surface area contributed by atoms with E-state index >= 15 is 0 Å². The molecule has 0 atom stereocenters. The molecule has 1 amide bonds. The summed E-state index contributed by atoms with van der Waals surface area (Å²) in [6.45, 7) is 2.97. The summed E-state index contributed by atoms with van der Waals surface area (Å²) in [5.41, 5.74) is 0.559. The number of hydrogen-bond acceptors (Lipinski definition) is 3. The zero-order valence-electron chi connectivity index (χ0n) is 10.8. The van der Waals surface area contributed by atoms with Crippen LogP contribution in [0.15, 0.2) is 36.7 Å². The van der Waals surface area contributed by atoms with Crippen LogP contribution >= 0.6 is 0 Å². The summed E-state index contributed by atoms with van der Waals surface area (Å²) >= 11 is 0. The molecule has 5 heteroatoms. The number of aromatic nitrogens is 2. The van der Waals surface area contributed by atoms with Crippen molar-refractivity contribution in [3.05, 3.63) is 48.0 Å². The lowest BCUT2D eigenvalue weighted by atomic mass is 10.2. The Balaban J connectivity index is 1.92. The van der Waals surface area contributed by atoms with Crippen LogP contribution < -0.4 is 10.1 Å². The summed E-state index contributed by atoms with van der Waals surface area (Å²) in [5.74, 6) is 1.34. The Labute approximate surface area is 112 Å². The van der Waals surface area contributed by atoms with E-state index in [-0.39, 0.29) is 5.91 Å². The quantitative estimate of drug-likeness (QED) is 0.831. The van der Waals surface area contributed by atoms with Crippen LogP contribution in [0.2, 0.25) is 0 Å². The van der Waals surface area contributed by atoms with Crippen LogP contribution in [-0.2, 0) is 6.42 Å². The Kier molecular flexibility index (Phi) is 4.55. The van der Waals surface area contributed by atoms with Crippen molar-refractivity contribution in [3.8, 4) is 5.75 Å². The third-order valence-electron chi connectivity index (χ3n) is 2.63. The normalized spacial score (nSPS) is 10.2. The van der Waals surface area contributed by atoms with E-state index in [4.69, 9.17) is 4.74 Å². The van der Waals surface area contributed by atoms with Gasteiger partial charge in [-0.3, -0.25) is 4.79 Å². The molecule has 0 saturated heterocycles. The summed E-state index contributed by atoms with van der Waals surface area (Å²) in [6.07, 6.45) is 4.14. The Morgan fingerprint density at radius 3 is 3.00 bits per heavy atom. The van der Waals surface area contributed by atoms with E-state index in [2.05, 4.69) is 15.3 Å². The molecule has 0 aliphatic carbocycles. The van der Waals surface area contributed by atoms with Gasteiger partial charge in [0.15, 0.2) is 0 Å². The number of carbonyl (C=O) groups is 1. The third-order valence-corrected chi connectivity index (χ3v) is 2.63. The molecule has 0 radical (unpaired) electrons. The third kappa shape index (κ3) is 3.58. The number of nitrogens with one attached hydrogen (secondary N) is 2. The number of benzene rings is 1. The van der Waals surface area contributed by atoms with Crippen LogP contribution in [0, 0.1) is 0 Å². The monoisotopic (exact) mass is 259 g/mol. The first kappa shape index (κ1) is 13.1. The highest BCUT2D eigenvalue weighted by Crippen LogP contribution is 2.17. The molecule has 0 unspecified atom stereocenters. The van der Waals surface area contributed by atoms with Crippen LogP contribution in [-0.4, -0.2) is 29.0 Å². The minimum Gasteiger partial charge on any atom is -0.493 e. The Morgan fingerprint density at radius 2 is 2.26 bits per heavy atom. The van der Waals surface area contributed by atoms with Gasteiger partial charge in [0.25, 0.3) is 5.91 Å². The maximum absolute atomic E-state index is 12.0. The van der Waals surface area contributed by atoms with Gasteiger partial charge in [0.2, 0.25) is 0 Å². The van der Waals surface area contributed by atoms with Crippen molar-refractivity contribution in [2.45, 2.75) is 13.3 Å². The number of amides is 1. The largest absolute Gasteiger partial charge is 0.493 e. The molecule has 2 N–H and O–H groups in total. The number of carbonyl (C=O) groups excluding carboxylic acids is 1. The zero-order valence-corrected chi connectivity index (χ0v) is 10.8. The number of para-hydroxylation sites is 1. The number of nitrogens with zero attached hydrogens (tertiary/aromatic N) is 1. The van der Waals surface area contributed by atoms with Gasteiger partial charge in [-0.1, -0.05) is 12.1 Å². The van der Waals surface area contributed by atoms with Crippen LogP contribution in [0.25, 0.3) is 0 Å². The first-order valence-electron chi connectivity index (χ1n) is 6.29. The second-order valence-corrected chi connectivity index (χ2v) is 3.97. The van der Waals surface area contributed by atoms with Crippen molar-refractivity contribution in [1.29, 1.82) is 0 Å². The van der Waals surface area contributed by atoms with Crippen molar-refractivity contribution >= 4 is 5.91 Å². The summed E-state index contributed by atoms with van der Waals surface area (Å²) in [7, 11) is 0. The molecule has 1 heterocycles. The molecule has 0 bridgehead atoms. The van der Waals surface area contributed by atoms with Crippen molar-refractivity contribution in [2.24, 2.45) is 0 Å². The molecule has 2 aromatic rings. The van der Waals surface area contributed by atoms with Gasteiger partial charge in [-0.25, -0.2) is 4.98 Å². The SMILES string of the molecule is CCOc1ccccc1C(=O)NCCc1ncc[nH]1. The van der Waals surface area contributed by atoms with Gasteiger partial charge in [-0.2, -0.15) is 0 Å². The lowest BCUT2D eigenvalue weighted by Crippen LogP contribution is -2.26.